The lowest BCUT2D eigenvalue weighted by atomic mass is 9.98. The van der Waals surface area contributed by atoms with Crippen molar-refractivity contribution in [2.45, 2.75) is 37.6 Å². The number of fused-ring (bicyclic) bond motifs is 1. The molecular weight excluding hydrogens is 190 g/mol. The van der Waals surface area contributed by atoms with E-state index in [1.165, 1.54) is 0 Å². The summed E-state index contributed by atoms with van der Waals surface area (Å²) < 4.78 is 10.4. The maximum Gasteiger partial charge on any atom is 0.227 e. The molecule has 2 aliphatic rings. The first-order chi connectivity index (χ1) is 6.63. The molecule has 0 amide bonds. The molecule has 0 aromatic heterocycles. The summed E-state index contributed by atoms with van der Waals surface area (Å²) in [5.74, 6) is 0.421. The molecule has 0 aliphatic carbocycles. The molecule has 3 N–H and O–H groups in total. The summed E-state index contributed by atoms with van der Waals surface area (Å²) in [6, 6.07) is -0.590. The van der Waals surface area contributed by atoms with Crippen LogP contribution in [0.2, 0.25) is 0 Å². The second kappa shape index (κ2) is 3.47. The van der Waals surface area contributed by atoms with Crippen molar-refractivity contribution in [2.24, 2.45) is 4.99 Å². The topological polar surface area (TPSA) is 91.5 Å². The quantitative estimate of drug-likeness (QED) is 0.469. The normalized spacial score (nSPS) is 46.9. The monoisotopic (exact) mass is 203 g/mol. The smallest absolute Gasteiger partial charge is 0.227 e. The van der Waals surface area contributed by atoms with E-state index in [0.717, 1.165) is 0 Å². The Bertz CT molecular complexity index is 256. The number of hydrogen-bond donors (Lipinski definition) is 3. The van der Waals surface area contributed by atoms with Crippen molar-refractivity contribution >= 4 is 5.90 Å². The standard InChI is InChI=1S/C8H13NO5/c1-3-9-5-7(12)6(11)4(2-10)14-8(5)13-3/h4-8,10-12H,2H2,1H3/t4?,5?,6-,7+,8+/m0/s1. The van der Waals surface area contributed by atoms with Gasteiger partial charge in [0.2, 0.25) is 6.29 Å². The lowest BCUT2D eigenvalue weighted by Gasteiger charge is -2.36. The van der Waals surface area contributed by atoms with Gasteiger partial charge in [0, 0.05) is 6.92 Å². The number of rotatable bonds is 1. The fraction of sp³-hybridized carbons (Fsp3) is 0.875. The van der Waals surface area contributed by atoms with E-state index < -0.39 is 30.6 Å². The molecule has 1 saturated heterocycles. The second-order valence-electron chi connectivity index (χ2n) is 3.46. The zero-order valence-corrected chi connectivity index (χ0v) is 7.70. The van der Waals surface area contributed by atoms with Gasteiger partial charge in [0.25, 0.3) is 0 Å². The van der Waals surface area contributed by atoms with E-state index >= 15 is 0 Å². The Morgan fingerprint density at radius 1 is 1.36 bits per heavy atom. The molecule has 0 bridgehead atoms. The molecule has 0 spiro atoms. The van der Waals surface area contributed by atoms with E-state index in [1.54, 1.807) is 6.92 Å². The van der Waals surface area contributed by atoms with Crippen LogP contribution in [0.5, 0.6) is 0 Å². The van der Waals surface area contributed by atoms with Crippen molar-refractivity contribution in [3.05, 3.63) is 0 Å². The Hall–Kier alpha value is -0.690. The molecule has 0 aromatic rings. The Kier molecular flexibility index (Phi) is 2.44. The molecular formula is C8H13NO5. The largest absolute Gasteiger partial charge is 0.450 e. The summed E-state index contributed by atoms with van der Waals surface area (Å²) in [4.78, 5) is 3.99. The molecule has 2 heterocycles. The average molecular weight is 203 g/mol. The molecule has 6 nitrogen and oxygen atoms in total. The third-order valence-corrected chi connectivity index (χ3v) is 2.47. The van der Waals surface area contributed by atoms with Crippen molar-refractivity contribution in [2.75, 3.05) is 6.61 Å². The van der Waals surface area contributed by atoms with Gasteiger partial charge in [-0.1, -0.05) is 0 Å². The van der Waals surface area contributed by atoms with Crippen LogP contribution in [0.4, 0.5) is 0 Å². The van der Waals surface area contributed by atoms with Crippen molar-refractivity contribution in [1.29, 1.82) is 0 Å². The van der Waals surface area contributed by atoms with Gasteiger partial charge in [0.1, 0.15) is 24.4 Å². The maximum atomic E-state index is 9.64. The fourth-order valence-corrected chi connectivity index (χ4v) is 1.71. The molecule has 2 rings (SSSR count). The van der Waals surface area contributed by atoms with E-state index in [1.807, 2.05) is 0 Å². The van der Waals surface area contributed by atoms with Gasteiger partial charge in [-0.15, -0.1) is 0 Å². The predicted molar refractivity (Wildman–Crippen MR) is 45.7 cm³/mol. The van der Waals surface area contributed by atoms with Crippen LogP contribution in [-0.2, 0) is 9.47 Å². The second-order valence-corrected chi connectivity index (χ2v) is 3.46. The minimum absolute atomic E-state index is 0.357. The summed E-state index contributed by atoms with van der Waals surface area (Å²) in [6.07, 6.45) is -3.68. The van der Waals surface area contributed by atoms with Gasteiger partial charge in [0.15, 0.2) is 5.90 Å². The number of aliphatic hydroxyl groups is 3. The van der Waals surface area contributed by atoms with Crippen LogP contribution in [-0.4, -0.2) is 58.5 Å². The third-order valence-electron chi connectivity index (χ3n) is 2.47. The van der Waals surface area contributed by atoms with E-state index in [2.05, 4.69) is 4.99 Å². The van der Waals surface area contributed by atoms with Gasteiger partial charge >= 0.3 is 0 Å². The third kappa shape index (κ3) is 1.40. The molecule has 1 fully saturated rings. The molecule has 0 radical (unpaired) electrons. The maximum absolute atomic E-state index is 9.64. The van der Waals surface area contributed by atoms with Gasteiger partial charge < -0.3 is 24.8 Å². The average Bonchev–Trinajstić information content (AvgIpc) is 2.52. The molecule has 0 saturated carbocycles. The molecule has 5 atom stereocenters. The highest BCUT2D eigenvalue weighted by Crippen LogP contribution is 2.28. The van der Waals surface area contributed by atoms with Crippen LogP contribution >= 0.6 is 0 Å². The molecule has 0 aromatic carbocycles. The number of aliphatic imine (C=N–C) groups is 1. The van der Waals surface area contributed by atoms with Crippen molar-refractivity contribution < 1.29 is 24.8 Å². The lowest BCUT2D eigenvalue weighted by Crippen LogP contribution is -2.56. The Balaban J connectivity index is 2.14. The SMILES string of the molecule is CC1=NC2[C@H](O1)OC(CO)[C@H](O)[C@@H]2O. The highest BCUT2D eigenvalue weighted by atomic mass is 16.7. The zero-order chi connectivity index (χ0) is 10.3. The first-order valence-corrected chi connectivity index (χ1v) is 4.47. The molecule has 14 heavy (non-hydrogen) atoms. The first-order valence-electron chi connectivity index (χ1n) is 4.47. The van der Waals surface area contributed by atoms with Crippen molar-refractivity contribution in [3.63, 3.8) is 0 Å². The number of aliphatic hydroxyl groups excluding tert-OH is 3. The van der Waals surface area contributed by atoms with Crippen LogP contribution in [0, 0.1) is 0 Å². The minimum atomic E-state index is -1.13. The summed E-state index contributed by atoms with van der Waals surface area (Å²) in [7, 11) is 0. The van der Waals surface area contributed by atoms with Gasteiger partial charge in [-0.05, 0) is 0 Å². The first kappa shape index (κ1) is 9.85. The summed E-state index contributed by atoms with van der Waals surface area (Å²) in [6.45, 7) is 1.29. The van der Waals surface area contributed by atoms with Crippen LogP contribution in [0.15, 0.2) is 4.99 Å². The van der Waals surface area contributed by atoms with Crippen LogP contribution < -0.4 is 0 Å². The molecule has 80 valence electrons. The fourth-order valence-electron chi connectivity index (χ4n) is 1.71. The highest BCUT2D eigenvalue weighted by Gasteiger charge is 2.48. The van der Waals surface area contributed by atoms with Crippen molar-refractivity contribution in [3.8, 4) is 0 Å². The highest BCUT2D eigenvalue weighted by molar-refractivity contribution is 5.75. The zero-order valence-electron chi connectivity index (χ0n) is 7.70. The summed E-state index contributed by atoms with van der Waals surface area (Å²) >= 11 is 0. The Morgan fingerprint density at radius 3 is 2.71 bits per heavy atom. The molecule has 2 aliphatic heterocycles. The number of nitrogens with zero attached hydrogens (tertiary/aromatic N) is 1. The van der Waals surface area contributed by atoms with Gasteiger partial charge in [-0.3, -0.25) is 0 Å². The van der Waals surface area contributed by atoms with Gasteiger partial charge in [-0.2, -0.15) is 0 Å². The summed E-state index contributed by atoms with van der Waals surface area (Å²) in [5, 5.41) is 28.0. The molecule has 6 heteroatoms. The lowest BCUT2D eigenvalue weighted by molar-refractivity contribution is -0.234. The Labute approximate surface area is 80.8 Å². The van der Waals surface area contributed by atoms with Crippen LogP contribution in [0.1, 0.15) is 6.92 Å². The van der Waals surface area contributed by atoms with E-state index in [0.29, 0.717) is 5.90 Å². The number of ether oxygens (including phenoxy) is 2. The van der Waals surface area contributed by atoms with Crippen LogP contribution in [0.3, 0.4) is 0 Å². The van der Waals surface area contributed by atoms with E-state index in [9.17, 15) is 10.2 Å². The number of hydrogen-bond acceptors (Lipinski definition) is 6. The van der Waals surface area contributed by atoms with Gasteiger partial charge in [-0.25, -0.2) is 4.99 Å². The summed E-state index contributed by atoms with van der Waals surface area (Å²) in [5.41, 5.74) is 0. The van der Waals surface area contributed by atoms with Gasteiger partial charge in [0.05, 0.1) is 6.61 Å². The van der Waals surface area contributed by atoms with Crippen LogP contribution in [0.25, 0.3) is 0 Å². The predicted octanol–water partition coefficient (Wildman–Crippen LogP) is -1.76. The molecule has 2 unspecified atom stereocenters. The van der Waals surface area contributed by atoms with E-state index in [4.69, 9.17) is 14.6 Å². The minimum Gasteiger partial charge on any atom is -0.450 e. The van der Waals surface area contributed by atoms with Crippen molar-refractivity contribution in [1.82, 2.24) is 0 Å². The van der Waals surface area contributed by atoms with E-state index in [-0.39, 0.29) is 6.61 Å². The Morgan fingerprint density at radius 2 is 2.07 bits per heavy atom.